The van der Waals surface area contributed by atoms with E-state index in [-0.39, 0.29) is 18.6 Å². The highest BCUT2D eigenvalue weighted by Gasteiger charge is 2.23. The molecule has 0 bridgehead atoms. The molecular formula is C17H21N3O3. The summed E-state index contributed by atoms with van der Waals surface area (Å²) in [7, 11) is 0. The van der Waals surface area contributed by atoms with E-state index in [1.807, 2.05) is 31.2 Å². The summed E-state index contributed by atoms with van der Waals surface area (Å²) < 4.78 is 5.51. The van der Waals surface area contributed by atoms with Gasteiger partial charge in [0, 0.05) is 30.9 Å². The first kappa shape index (κ1) is 15.6. The van der Waals surface area contributed by atoms with Gasteiger partial charge < -0.3 is 19.7 Å². The minimum atomic E-state index is -0.135. The molecule has 6 heteroatoms. The monoisotopic (exact) mass is 315 g/mol. The van der Waals surface area contributed by atoms with E-state index in [0.717, 1.165) is 30.7 Å². The quantitative estimate of drug-likeness (QED) is 0.913. The number of hydrogen-bond donors (Lipinski definition) is 2. The molecular weight excluding hydrogens is 294 g/mol. The van der Waals surface area contributed by atoms with Crippen molar-refractivity contribution >= 4 is 11.7 Å². The van der Waals surface area contributed by atoms with E-state index in [2.05, 4.69) is 10.3 Å². The van der Waals surface area contributed by atoms with Crippen molar-refractivity contribution < 1.29 is 14.3 Å². The van der Waals surface area contributed by atoms with Crippen LogP contribution >= 0.6 is 0 Å². The Balaban J connectivity index is 1.69. The summed E-state index contributed by atoms with van der Waals surface area (Å²) >= 11 is 0. The van der Waals surface area contributed by atoms with Crippen molar-refractivity contribution in [2.75, 3.05) is 25.0 Å². The van der Waals surface area contributed by atoms with Crippen LogP contribution in [0.15, 0.2) is 34.9 Å². The number of anilines is 1. The third-order valence-electron chi connectivity index (χ3n) is 4.05. The molecule has 0 aliphatic carbocycles. The van der Waals surface area contributed by atoms with E-state index in [9.17, 15) is 9.90 Å². The first-order valence-electron chi connectivity index (χ1n) is 7.85. The first-order chi connectivity index (χ1) is 11.2. The molecule has 2 aromatic rings. The lowest BCUT2D eigenvalue weighted by molar-refractivity contribution is 0.136. The van der Waals surface area contributed by atoms with Gasteiger partial charge in [0.15, 0.2) is 0 Å². The summed E-state index contributed by atoms with van der Waals surface area (Å²) in [5, 5.41) is 12.2. The van der Waals surface area contributed by atoms with E-state index in [4.69, 9.17) is 4.42 Å². The number of rotatable bonds is 3. The molecule has 6 nitrogen and oxygen atoms in total. The van der Waals surface area contributed by atoms with Gasteiger partial charge in [-0.2, -0.15) is 0 Å². The number of carbonyl (C=O) groups is 1. The van der Waals surface area contributed by atoms with Gasteiger partial charge in [0.1, 0.15) is 5.76 Å². The van der Waals surface area contributed by atoms with Crippen molar-refractivity contribution in [3.05, 3.63) is 36.2 Å². The second kappa shape index (κ2) is 6.83. The minimum Gasteiger partial charge on any atom is -0.441 e. The van der Waals surface area contributed by atoms with Crippen LogP contribution in [-0.4, -0.2) is 40.7 Å². The van der Waals surface area contributed by atoms with E-state index >= 15 is 0 Å². The number of urea groups is 1. The van der Waals surface area contributed by atoms with Gasteiger partial charge >= 0.3 is 6.03 Å². The number of carbonyl (C=O) groups excluding carboxylic acids is 1. The third-order valence-corrected chi connectivity index (χ3v) is 4.05. The molecule has 0 saturated carbocycles. The van der Waals surface area contributed by atoms with Gasteiger partial charge in [0.2, 0.25) is 5.89 Å². The normalized spacial score (nSPS) is 18.0. The van der Waals surface area contributed by atoms with Crippen molar-refractivity contribution in [1.29, 1.82) is 0 Å². The SMILES string of the molecule is Cc1cnc(-c2cccc(NC(=O)N3CCCC(CO)C3)c2)o1. The molecule has 23 heavy (non-hydrogen) atoms. The lowest BCUT2D eigenvalue weighted by atomic mass is 9.99. The number of piperidine rings is 1. The van der Waals surface area contributed by atoms with E-state index in [1.165, 1.54) is 0 Å². The van der Waals surface area contributed by atoms with Crippen molar-refractivity contribution in [3.63, 3.8) is 0 Å². The highest BCUT2D eigenvalue weighted by molar-refractivity contribution is 5.90. The Morgan fingerprint density at radius 2 is 2.39 bits per heavy atom. The fourth-order valence-corrected chi connectivity index (χ4v) is 2.82. The minimum absolute atomic E-state index is 0.128. The van der Waals surface area contributed by atoms with E-state index < -0.39 is 0 Å². The summed E-state index contributed by atoms with van der Waals surface area (Å²) in [6.07, 6.45) is 3.57. The van der Waals surface area contributed by atoms with E-state index in [1.54, 1.807) is 11.1 Å². The van der Waals surface area contributed by atoms with Gasteiger partial charge in [0.25, 0.3) is 0 Å². The summed E-state index contributed by atoms with van der Waals surface area (Å²) in [6.45, 7) is 3.29. The number of nitrogens with zero attached hydrogens (tertiary/aromatic N) is 2. The van der Waals surface area contributed by atoms with Crippen LogP contribution in [0.25, 0.3) is 11.5 Å². The van der Waals surface area contributed by atoms with Gasteiger partial charge in [-0.3, -0.25) is 0 Å². The van der Waals surface area contributed by atoms with Crippen LogP contribution in [0.5, 0.6) is 0 Å². The number of aromatic nitrogens is 1. The van der Waals surface area contributed by atoms with Gasteiger partial charge in [0.05, 0.1) is 6.20 Å². The maximum Gasteiger partial charge on any atom is 0.321 e. The predicted octanol–water partition coefficient (Wildman–Crippen LogP) is 2.89. The number of oxazole rings is 1. The Bertz CT molecular complexity index is 683. The summed E-state index contributed by atoms with van der Waals surface area (Å²) in [5.74, 6) is 1.46. The maximum atomic E-state index is 12.4. The first-order valence-corrected chi connectivity index (χ1v) is 7.85. The lowest BCUT2D eigenvalue weighted by Crippen LogP contribution is -2.43. The van der Waals surface area contributed by atoms with Crippen molar-refractivity contribution in [1.82, 2.24) is 9.88 Å². The highest BCUT2D eigenvalue weighted by atomic mass is 16.4. The standard InChI is InChI=1S/C17H21N3O3/c1-12-9-18-16(23-12)14-5-2-6-15(8-14)19-17(22)20-7-3-4-13(10-20)11-21/h2,5-6,8-9,13,21H,3-4,7,10-11H2,1H3,(H,19,22). The topological polar surface area (TPSA) is 78.6 Å². The van der Waals surface area contributed by atoms with Crippen LogP contribution in [-0.2, 0) is 0 Å². The smallest absolute Gasteiger partial charge is 0.321 e. The molecule has 2 heterocycles. The predicted molar refractivity (Wildman–Crippen MR) is 87.1 cm³/mol. The van der Waals surface area contributed by atoms with Crippen molar-refractivity contribution in [3.8, 4) is 11.5 Å². The Morgan fingerprint density at radius 1 is 1.52 bits per heavy atom. The summed E-state index contributed by atoms with van der Waals surface area (Å²) in [6, 6.07) is 7.30. The number of benzene rings is 1. The Hall–Kier alpha value is -2.34. The number of aliphatic hydroxyl groups is 1. The average molecular weight is 315 g/mol. The summed E-state index contributed by atoms with van der Waals surface area (Å²) in [5.41, 5.74) is 1.53. The number of aryl methyl sites for hydroxylation is 1. The van der Waals surface area contributed by atoms with Crippen LogP contribution in [0.2, 0.25) is 0 Å². The van der Waals surface area contributed by atoms with E-state index in [0.29, 0.717) is 18.1 Å². The molecule has 1 aliphatic rings. The largest absolute Gasteiger partial charge is 0.441 e. The van der Waals surface area contributed by atoms with Gasteiger partial charge in [-0.1, -0.05) is 6.07 Å². The molecule has 3 rings (SSSR count). The maximum absolute atomic E-state index is 12.4. The Kier molecular flexibility index (Phi) is 4.62. The average Bonchev–Trinajstić information content (AvgIpc) is 3.02. The fraction of sp³-hybridized carbons (Fsp3) is 0.412. The van der Waals surface area contributed by atoms with Gasteiger partial charge in [-0.25, -0.2) is 9.78 Å². The van der Waals surface area contributed by atoms with Crippen molar-refractivity contribution in [2.24, 2.45) is 5.92 Å². The zero-order valence-electron chi connectivity index (χ0n) is 13.2. The molecule has 0 spiro atoms. The molecule has 2 N–H and O–H groups in total. The van der Waals surface area contributed by atoms with Crippen LogP contribution in [0.1, 0.15) is 18.6 Å². The number of hydrogen-bond acceptors (Lipinski definition) is 4. The van der Waals surface area contributed by atoms with Crippen LogP contribution < -0.4 is 5.32 Å². The molecule has 0 radical (unpaired) electrons. The number of aliphatic hydroxyl groups excluding tert-OH is 1. The zero-order valence-corrected chi connectivity index (χ0v) is 13.2. The zero-order chi connectivity index (χ0) is 16.2. The fourth-order valence-electron chi connectivity index (χ4n) is 2.82. The summed E-state index contributed by atoms with van der Waals surface area (Å²) in [4.78, 5) is 18.3. The molecule has 1 atom stereocenters. The number of nitrogens with one attached hydrogen (secondary N) is 1. The molecule has 2 amide bonds. The molecule has 122 valence electrons. The lowest BCUT2D eigenvalue weighted by Gasteiger charge is -2.31. The van der Waals surface area contributed by atoms with Crippen molar-refractivity contribution in [2.45, 2.75) is 19.8 Å². The molecule has 1 aromatic carbocycles. The molecule has 1 fully saturated rings. The molecule has 1 aromatic heterocycles. The molecule has 1 unspecified atom stereocenters. The number of likely N-dealkylation sites (tertiary alicyclic amines) is 1. The molecule has 1 aliphatic heterocycles. The second-order valence-corrected chi connectivity index (χ2v) is 5.92. The highest BCUT2D eigenvalue weighted by Crippen LogP contribution is 2.23. The van der Waals surface area contributed by atoms with Crippen LogP contribution in [0.3, 0.4) is 0 Å². The van der Waals surface area contributed by atoms with Gasteiger partial charge in [-0.15, -0.1) is 0 Å². The van der Waals surface area contributed by atoms with Crippen LogP contribution in [0.4, 0.5) is 10.5 Å². The third kappa shape index (κ3) is 3.71. The number of amides is 2. The van der Waals surface area contributed by atoms with Crippen LogP contribution in [0, 0.1) is 12.8 Å². The second-order valence-electron chi connectivity index (χ2n) is 5.92. The molecule has 1 saturated heterocycles. The Labute approximate surface area is 135 Å². The van der Waals surface area contributed by atoms with Gasteiger partial charge in [-0.05, 0) is 43.9 Å². The Morgan fingerprint density at radius 3 is 3.13 bits per heavy atom.